The van der Waals surface area contributed by atoms with Crippen molar-refractivity contribution in [2.24, 2.45) is 4.99 Å². The number of carbonyl (C=O) groups excluding carboxylic acids is 1. The molecule has 0 aliphatic heterocycles. The Balaban J connectivity index is 1.16. The van der Waals surface area contributed by atoms with Crippen LogP contribution in [0.1, 0.15) is 50.5 Å². The number of carbonyl (C=O) groups is 1. The number of thiophene rings is 1. The van der Waals surface area contributed by atoms with E-state index in [0.717, 1.165) is 58.9 Å². The third-order valence-corrected chi connectivity index (χ3v) is 8.07. The van der Waals surface area contributed by atoms with Crippen LogP contribution in [0.15, 0.2) is 94.5 Å². The van der Waals surface area contributed by atoms with Crippen LogP contribution >= 0.6 is 11.3 Å². The maximum Gasteiger partial charge on any atom is 0.255 e. The van der Waals surface area contributed by atoms with E-state index in [2.05, 4.69) is 47.8 Å². The number of ether oxygens (including phenoxy) is 1. The summed E-state index contributed by atoms with van der Waals surface area (Å²) in [5.41, 5.74) is 3.98. The Morgan fingerprint density at radius 1 is 0.974 bits per heavy atom. The summed E-state index contributed by atoms with van der Waals surface area (Å²) in [7, 11) is 0. The van der Waals surface area contributed by atoms with Gasteiger partial charge in [0.05, 0.1) is 18.4 Å². The lowest BCUT2D eigenvalue weighted by molar-refractivity contribution is 0.0948. The first kappa shape index (κ1) is 24.2. The second-order valence-corrected chi connectivity index (χ2v) is 10.5. The van der Waals surface area contributed by atoms with Gasteiger partial charge in [-0.25, -0.2) is 4.99 Å². The van der Waals surface area contributed by atoms with Crippen molar-refractivity contribution in [3.63, 3.8) is 0 Å². The molecule has 38 heavy (non-hydrogen) atoms. The molecule has 0 unspecified atom stereocenters. The normalized spacial score (nSPS) is 13.1. The van der Waals surface area contributed by atoms with Crippen LogP contribution in [0.5, 0.6) is 5.75 Å². The van der Waals surface area contributed by atoms with Crippen LogP contribution in [-0.4, -0.2) is 12.1 Å². The van der Waals surface area contributed by atoms with Crippen LogP contribution in [0.4, 0.5) is 5.00 Å². The Hall–Kier alpha value is -4.16. The summed E-state index contributed by atoms with van der Waals surface area (Å²) < 4.78 is 11.4. The van der Waals surface area contributed by atoms with E-state index in [1.54, 1.807) is 17.6 Å². The van der Waals surface area contributed by atoms with Gasteiger partial charge in [0.1, 0.15) is 23.1 Å². The number of hydrogen-bond acceptors (Lipinski definition) is 5. The zero-order valence-corrected chi connectivity index (χ0v) is 21.8. The second-order valence-electron chi connectivity index (χ2n) is 9.41. The minimum Gasteiger partial charge on any atom is -0.489 e. The molecule has 0 fully saturated rings. The SMILES string of the molecule is O=C(NCc1ccco1)c1c(N=Cc2ccc(OCc3cccc4ccccc34)cc2)sc2c1CCCC2. The number of rotatable bonds is 8. The first-order valence-electron chi connectivity index (χ1n) is 12.9. The molecule has 1 aliphatic rings. The summed E-state index contributed by atoms with van der Waals surface area (Å²) in [6.45, 7) is 0.867. The second kappa shape index (κ2) is 11.1. The number of aliphatic imine (C=N–C) groups is 1. The van der Waals surface area contributed by atoms with Gasteiger partial charge in [0.2, 0.25) is 0 Å². The maximum atomic E-state index is 13.2. The fraction of sp³-hybridized carbons (Fsp3) is 0.188. The van der Waals surface area contributed by atoms with Gasteiger partial charge in [-0.15, -0.1) is 11.3 Å². The van der Waals surface area contributed by atoms with Gasteiger partial charge in [-0.2, -0.15) is 0 Å². The highest BCUT2D eigenvalue weighted by molar-refractivity contribution is 7.16. The molecule has 0 atom stereocenters. The van der Waals surface area contributed by atoms with Gasteiger partial charge >= 0.3 is 0 Å². The molecule has 5 aromatic rings. The van der Waals surface area contributed by atoms with Crippen LogP contribution in [0, 0.1) is 0 Å². The monoisotopic (exact) mass is 520 g/mol. The number of amides is 1. The molecule has 6 heteroatoms. The van der Waals surface area contributed by atoms with E-state index in [9.17, 15) is 4.79 Å². The third-order valence-electron chi connectivity index (χ3n) is 6.87. The van der Waals surface area contributed by atoms with Crippen molar-refractivity contribution >= 4 is 39.2 Å². The fourth-order valence-corrected chi connectivity index (χ4v) is 6.14. The lowest BCUT2D eigenvalue weighted by Gasteiger charge is -2.12. The molecule has 6 rings (SSSR count). The van der Waals surface area contributed by atoms with Gasteiger partial charge in [-0.1, -0.05) is 42.5 Å². The number of aryl methyl sites for hydroxylation is 1. The van der Waals surface area contributed by atoms with Crippen molar-refractivity contribution in [2.45, 2.75) is 38.8 Å². The molecule has 2 heterocycles. The van der Waals surface area contributed by atoms with E-state index < -0.39 is 0 Å². The molecule has 190 valence electrons. The van der Waals surface area contributed by atoms with Gasteiger partial charge in [-0.3, -0.25) is 4.79 Å². The van der Waals surface area contributed by atoms with E-state index in [1.807, 2.05) is 42.6 Å². The Labute approximate surface area is 225 Å². The summed E-state index contributed by atoms with van der Waals surface area (Å²) in [6.07, 6.45) is 7.64. The molecular formula is C32H28N2O3S. The first-order valence-corrected chi connectivity index (χ1v) is 13.7. The van der Waals surface area contributed by atoms with Crippen molar-refractivity contribution in [3.8, 4) is 5.75 Å². The van der Waals surface area contributed by atoms with Gasteiger partial charge < -0.3 is 14.5 Å². The van der Waals surface area contributed by atoms with Crippen molar-refractivity contribution < 1.29 is 13.9 Å². The number of furan rings is 1. The van der Waals surface area contributed by atoms with Gasteiger partial charge in [-0.05, 0) is 89.5 Å². The Morgan fingerprint density at radius 2 is 1.82 bits per heavy atom. The zero-order valence-electron chi connectivity index (χ0n) is 21.0. The topological polar surface area (TPSA) is 63.8 Å². The van der Waals surface area contributed by atoms with Crippen molar-refractivity contribution in [1.29, 1.82) is 0 Å². The quantitative estimate of drug-likeness (QED) is 0.214. The van der Waals surface area contributed by atoms with E-state index >= 15 is 0 Å². The summed E-state index contributed by atoms with van der Waals surface area (Å²) in [5.74, 6) is 1.44. The standard InChI is InChI=1S/C32H28N2O3S/c35-31(33-20-26-10-6-18-36-26)30-28-12-3-4-13-29(28)38-32(30)34-19-22-14-16-25(17-15-22)37-21-24-9-5-8-23-7-1-2-11-27(23)24/h1-2,5-11,14-19H,3-4,12-13,20-21H2,(H,33,35). The molecule has 0 saturated heterocycles. The molecule has 0 bridgehead atoms. The zero-order chi connectivity index (χ0) is 25.7. The Morgan fingerprint density at radius 3 is 2.68 bits per heavy atom. The summed E-state index contributed by atoms with van der Waals surface area (Å²) in [6, 6.07) is 26.2. The number of benzene rings is 3. The van der Waals surface area contributed by atoms with Crippen LogP contribution in [0.25, 0.3) is 10.8 Å². The minimum absolute atomic E-state index is 0.0925. The first-order chi connectivity index (χ1) is 18.7. The number of nitrogens with zero attached hydrogens (tertiary/aromatic N) is 1. The average molecular weight is 521 g/mol. The molecule has 1 aliphatic carbocycles. The fourth-order valence-electron chi connectivity index (χ4n) is 4.91. The molecule has 0 saturated carbocycles. The highest BCUT2D eigenvalue weighted by Gasteiger charge is 2.25. The number of nitrogens with one attached hydrogen (secondary N) is 1. The smallest absolute Gasteiger partial charge is 0.255 e. The molecule has 0 radical (unpaired) electrons. The van der Waals surface area contributed by atoms with Crippen molar-refractivity contribution in [2.75, 3.05) is 0 Å². The Kier molecular flexibility index (Phi) is 7.05. The average Bonchev–Trinajstić information content (AvgIpc) is 3.62. The molecule has 2 aromatic heterocycles. The molecule has 0 spiro atoms. The van der Waals surface area contributed by atoms with E-state index in [4.69, 9.17) is 14.1 Å². The van der Waals surface area contributed by atoms with E-state index in [0.29, 0.717) is 18.7 Å². The highest BCUT2D eigenvalue weighted by atomic mass is 32.1. The maximum absolute atomic E-state index is 13.2. The molecule has 1 amide bonds. The van der Waals surface area contributed by atoms with Crippen LogP contribution in [0.3, 0.4) is 0 Å². The molecular weight excluding hydrogens is 492 g/mol. The Bertz CT molecular complexity index is 1580. The summed E-state index contributed by atoms with van der Waals surface area (Å²) in [5, 5.41) is 6.20. The lowest BCUT2D eigenvalue weighted by atomic mass is 9.95. The number of hydrogen-bond donors (Lipinski definition) is 1. The van der Waals surface area contributed by atoms with Crippen molar-refractivity contribution in [1.82, 2.24) is 5.32 Å². The van der Waals surface area contributed by atoms with Crippen LogP contribution in [-0.2, 0) is 26.0 Å². The minimum atomic E-state index is -0.0925. The third kappa shape index (κ3) is 5.27. The molecule has 1 N–H and O–H groups in total. The van der Waals surface area contributed by atoms with E-state index in [1.165, 1.54) is 15.6 Å². The predicted octanol–water partition coefficient (Wildman–Crippen LogP) is 7.63. The van der Waals surface area contributed by atoms with Gasteiger partial charge in [0.15, 0.2) is 0 Å². The number of fused-ring (bicyclic) bond motifs is 2. The largest absolute Gasteiger partial charge is 0.489 e. The molecule has 5 nitrogen and oxygen atoms in total. The predicted molar refractivity (Wildman–Crippen MR) is 153 cm³/mol. The summed E-state index contributed by atoms with van der Waals surface area (Å²) in [4.78, 5) is 19.2. The van der Waals surface area contributed by atoms with E-state index in [-0.39, 0.29) is 5.91 Å². The summed E-state index contributed by atoms with van der Waals surface area (Å²) >= 11 is 1.64. The van der Waals surface area contributed by atoms with Crippen LogP contribution in [0.2, 0.25) is 0 Å². The van der Waals surface area contributed by atoms with Gasteiger partial charge in [0, 0.05) is 11.1 Å². The van der Waals surface area contributed by atoms with Gasteiger partial charge in [0.25, 0.3) is 5.91 Å². The van der Waals surface area contributed by atoms with Crippen molar-refractivity contribution in [3.05, 3.63) is 118 Å². The highest BCUT2D eigenvalue weighted by Crippen LogP contribution is 2.40. The molecule has 3 aromatic carbocycles. The van der Waals surface area contributed by atoms with Crippen LogP contribution < -0.4 is 10.1 Å². The lowest BCUT2D eigenvalue weighted by Crippen LogP contribution is -2.23.